The number of carbonyl (C=O) groups is 2. The Kier molecular flexibility index (Phi) is 7.18. The molecule has 1 N–H and O–H groups in total. The van der Waals surface area contributed by atoms with E-state index in [1.54, 1.807) is 12.4 Å². The van der Waals surface area contributed by atoms with Gasteiger partial charge in [0.2, 0.25) is 5.90 Å². The summed E-state index contributed by atoms with van der Waals surface area (Å²) in [6.45, 7) is 9.22. The van der Waals surface area contributed by atoms with Crippen molar-refractivity contribution < 1.29 is 19.1 Å². The first-order chi connectivity index (χ1) is 18.3. The minimum Gasteiger partial charge on any atom is -0.481 e. The van der Waals surface area contributed by atoms with Gasteiger partial charge < -0.3 is 23.8 Å². The first-order valence-electron chi connectivity index (χ1n) is 12.9. The summed E-state index contributed by atoms with van der Waals surface area (Å²) < 4.78 is 14.8. The van der Waals surface area contributed by atoms with E-state index in [1.807, 2.05) is 37.7 Å². The van der Waals surface area contributed by atoms with Gasteiger partial charge in [-0.3, -0.25) is 14.5 Å². The normalized spacial score (nSPS) is 19.3. The number of hydrogen-bond donors (Lipinski definition) is 1. The highest BCUT2D eigenvalue weighted by atomic mass is 16.5. The van der Waals surface area contributed by atoms with Crippen LogP contribution in [0.25, 0.3) is 16.8 Å². The number of rotatable bonds is 6. The number of morpholine rings is 1. The average Bonchev–Trinajstić information content (AvgIpc) is 3.52. The fourth-order valence-corrected chi connectivity index (χ4v) is 5.44. The molecule has 1 saturated heterocycles. The van der Waals surface area contributed by atoms with Crippen LogP contribution in [0.5, 0.6) is 0 Å². The summed E-state index contributed by atoms with van der Waals surface area (Å²) >= 11 is 0. The number of aromatic nitrogens is 3. The van der Waals surface area contributed by atoms with Gasteiger partial charge in [-0.25, -0.2) is 4.98 Å². The van der Waals surface area contributed by atoms with Crippen molar-refractivity contribution in [3.8, 4) is 11.3 Å². The number of fused-ring (bicyclic) bond motifs is 1. The number of pyridine rings is 1. The number of aryl methyl sites for hydroxylation is 1. The predicted molar refractivity (Wildman–Crippen MR) is 144 cm³/mol. The maximum absolute atomic E-state index is 13.7. The molecule has 0 aliphatic carbocycles. The van der Waals surface area contributed by atoms with Crippen molar-refractivity contribution in [2.24, 2.45) is 18.0 Å². The minimum atomic E-state index is -0.521. The summed E-state index contributed by atoms with van der Waals surface area (Å²) in [5.41, 5.74) is 6.25. The van der Waals surface area contributed by atoms with Crippen molar-refractivity contribution in [3.05, 3.63) is 59.3 Å². The molecular weight excluding hydrogens is 484 g/mol. The molecule has 38 heavy (non-hydrogen) atoms. The smallest absolute Gasteiger partial charge is 0.257 e. The van der Waals surface area contributed by atoms with E-state index in [2.05, 4.69) is 43.8 Å². The molecule has 3 aromatic heterocycles. The molecule has 10 heteroatoms. The van der Waals surface area contributed by atoms with E-state index < -0.39 is 5.92 Å². The second kappa shape index (κ2) is 10.5. The SMILES string of the molecule is COC1=NC(=O)C(CNC(=O)c2cc3c(-c4cncn4C)ccn3c(C(C)N3CCOCC3)c2C)C(C)=C1. The van der Waals surface area contributed by atoms with Crippen LogP contribution in [-0.4, -0.2) is 76.5 Å². The Morgan fingerprint density at radius 3 is 2.71 bits per heavy atom. The van der Waals surface area contributed by atoms with E-state index in [9.17, 15) is 9.59 Å². The van der Waals surface area contributed by atoms with E-state index in [-0.39, 0.29) is 30.3 Å². The molecule has 200 valence electrons. The van der Waals surface area contributed by atoms with Crippen molar-refractivity contribution in [1.29, 1.82) is 0 Å². The maximum Gasteiger partial charge on any atom is 0.257 e. The van der Waals surface area contributed by atoms with Crippen LogP contribution in [-0.2, 0) is 21.3 Å². The van der Waals surface area contributed by atoms with Gasteiger partial charge in [-0.05, 0) is 38.5 Å². The van der Waals surface area contributed by atoms with Crippen LogP contribution in [0.3, 0.4) is 0 Å². The molecule has 2 aliphatic rings. The Labute approximate surface area is 222 Å². The van der Waals surface area contributed by atoms with Gasteiger partial charge in [0.15, 0.2) is 0 Å². The number of nitrogens with one attached hydrogen (secondary N) is 1. The lowest BCUT2D eigenvalue weighted by molar-refractivity contribution is -0.120. The van der Waals surface area contributed by atoms with Crippen LogP contribution in [0, 0.1) is 12.8 Å². The Morgan fingerprint density at radius 2 is 2.05 bits per heavy atom. The molecule has 0 spiro atoms. The number of imidazole rings is 1. The highest BCUT2D eigenvalue weighted by Crippen LogP contribution is 2.33. The van der Waals surface area contributed by atoms with Crippen LogP contribution in [0.2, 0.25) is 0 Å². The van der Waals surface area contributed by atoms with E-state index in [0.717, 1.165) is 46.7 Å². The standard InChI is InChI=1S/C28H34N6O4/c1-17-12-25(37-5)31-28(36)22(17)14-30-27(35)21-13-23-20(24-15-29-16-32(24)4)6-7-34(23)26(18(21)2)19(3)33-8-10-38-11-9-33/h6-7,12-13,15-16,19,22H,8-11,14H2,1-5H3,(H,30,35). The molecular formula is C28H34N6O4. The van der Waals surface area contributed by atoms with Gasteiger partial charge in [0.05, 0.1) is 50.0 Å². The molecule has 0 aromatic carbocycles. The molecule has 0 radical (unpaired) electrons. The molecule has 5 heterocycles. The van der Waals surface area contributed by atoms with Crippen molar-refractivity contribution in [3.63, 3.8) is 0 Å². The predicted octanol–water partition coefficient (Wildman–Crippen LogP) is 2.92. The lowest BCUT2D eigenvalue weighted by Gasteiger charge is -2.34. The fraction of sp³-hybridized carbons (Fsp3) is 0.429. The number of amides is 2. The first kappa shape index (κ1) is 25.9. The molecule has 2 amide bonds. The highest BCUT2D eigenvalue weighted by Gasteiger charge is 2.29. The molecule has 0 saturated carbocycles. The third-order valence-electron chi connectivity index (χ3n) is 7.68. The number of carbonyl (C=O) groups excluding carboxylic acids is 2. The second-order valence-electron chi connectivity index (χ2n) is 9.91. The number of nitrogens with zero attached hydrogens (tertiary/aromatic N) is 5. The van der Waals surface area contributed by atoms with Crippen molar-refractivity contribution >= 4 is 23.2 Å². The summed E-state index contributed by atoms with van der Waals surface area (Å²) in [4.78, 5) is 36.9. The molecule has 2 atom stereocenters. The molecule has 1 fully saturated rings. The summed E-state index contributed by atoms with van der Waals surface area (Å²) in [6.07, 6.45) is 7.41. The van der Waals surface area contributed by atoms with Crippen LogP contribution >= 0.6 is 0 Å². The Bertz CT molecular complexity index is 1440. The summed E-state index contributed by atoms with van der Waals surface area (Å²) in [6, 6.07) is 4.08. The van der Waals surface area contributed by atoms with E-state index in [0.29, 0.717) is 18.8 Å². The summed E-state index contributed by atoms with van der Waals surface area (Å²) in [7, 11) is 3.44. The highest BCUT2D eigenvalue weighted by molar-refractivity contribution is 6.03. The molecule has 10 nitrogen and oxygen atoms in total. The Morgan fingerprint density at radius 1 is 1.29 bits per heavy atom. The Balaban J connectivity index is 1.53. The van der Waals surface area contributed by atoms with E-state index >= 15 is 0 Å². The van der Waals surface area contributed by atoms with Gasteiger partial charge in [0, 0.05) is 61.8 Å². The summed E-state index contributed by atoms with van der Waals surface area (Å²) in [5, 5.41) is 3.00. The number of ether oxygens (including phenoxy) is 2. The topological polar surface area (TPSA) is 102 Å². The van der Waals surface area contributed by atoms with Gasteiger partial charge in [-0.1, -0.05) is 5.57 Å². The van der Waals surface area contributed by atoms with Crippen molar-refractivity contribution in [2.45, 2.75) is 26.8 Å². The van der Waals surface area contributed by atoms with Crippen molar-refractivity contribution in [2.75, 3.05) is 40.0 Å². The first-order valence-corrected chi connectivity index (χ1v) is 12.9. The van der Waals surface area contributed by atoms with Crippen LogP contribution in [0.1, 0.15) is 41.5 Å². The molecule has 2 unspecified atom stereocenters. The largest absolute Gasteiger partial charge is 0.481 e. The van der Waals surface area contributed by atoms with Gasteiger partial charge in [0.25, 0.3) is 11.8 Å². The summed E-state index contributed by atoms with van der Waals surface area (Å²) in [5.74, 6) is -0.776. The lowest BCUT2D eigenvalue weighted by Crippen LogP contribution is -2.39. The zero-order valence-electron chi connectivity index (χ0n) is 22.5. The van der Waals surface area contributed by atoms with Gasteiger partial charge in [-0.2, -0.15) is 4.99 Å². The van der Waals surface area contributed by atoms with E-state index in [4.69, 9.17) is 9.47 Å². The lowest BCUT2D eigenvalue weighted by atomic mass is 9.96. The number of hydrogen-bond acceptors (Lipinski definition) is 6. The van der Waals surface area contributed by atoms with Crippen molar-refractivity contribution in [1.82, 2.24) is 24.2 Å². The van der Waals surface area contributed by atoms with Gasteiger partial charge in [0.1, 0.15) is 0 Å². The van der Waals surface area contributed by atoms with Gasteiger partial charge in [-0.15, -0.1) is 0 Å². The fourth-order valence-electron chi connectivity index (χ4n) is 5.44. The second-order valence-corrected chi connectivity index (χ2v) is 9.91. The molecule has 0 bridgehead atoms. The van der Waals surface area contributed by atoms with Gasteiger partial charge >= 0.3 is 0 Å². The average molecular weight is 519 g/mol. The number of aliphatic imine (C=N–C) groups is 1. The third kappa shape index (κ3) is 4.65. The zero-order chi connectivity index (χ0) is 27.0. The monoisotopic (exact) mass is 518 g/mol. The van der Waals surface area contributed by atoms with E-state index in [1.165, 1.54) is 7.11 Å². The Hall–Kier alpha value is -3.76. The molecule has 5 rings (SSSR count). The number of dihydropyridines is 1. The maximum atomic E-state index is 13.7. The molecule has 3 aromatic rings. The van der Waals surface area contributed by atoms with Crippen LogP contribution < -0.4 is 5.32 Å². The van der Waals surface area contributed by atoms with Crippen LogP contribution in [0.4, 0.5) is 0 Å². The van der Waals surface area contributed by atoms with Crippen LogP contribution in [0.15, 0.2) is 47.5 Å². The quantitative estimate of drug-likeness (QED) is 0.538. The number of methoxy groups -OCH3 is 1. The zero-order valence-corrected chi connectivity index (χ0v) is 22.5. The minimum absolute atomic E-state index is 0.0628. The third-order valence-corrected chi connectivity index (χ3v) is 7.68. The molecule has 2 aliphatic heterocycles.